The number of nitrogens with one attached hydrogen (secondary N) is 8. The highest BCUT2D eigenvalue weighted by Crippen LogP contribution is 2.51. The number of fused-ring (bicyclic) bond motifs is 14. The van der Waals surface area contributed by atoms with Crippen molar-refractivity contribution in [3.8, 4) is 80.1 Å². The molecule has 3 fully saturated rings. The normalized spacial score (nSPS) is 28.3. The van der Waals surface area contributed by atoms with Gasteiger partial charge in [0.15, 0.2) is 35.3 Å². The zero-order chi connectivity index (χ0) is 94.9. The summed E-state index contributed by atoms with van der Waals surface area (Å²) in [6.45, 7) is 1.93. The van der Waals surface area contributed by atoms with Crippen molar-refractivity contribution in [3.05, 3.63) is 164 Å². The number of Topliss-reactive ketones (excluding diaryl/α,β-unsaturated/α-hetero) is 1. The number of amides is 8. The highest BCUT2D eigenvalue weighted by atomic mass is 35.5. The maximum Gasteiger partial charge on any atom is 0.330 e. The zero-order valence-electron chi connectivity index (χ0n) is 70.0. The number of hydrogen-bond acceptors (Lipinski definition) is 33. The number of aliphatic carboxylic acids is 1. The zero-order valence-corrected chi connectivity index (χ0v) is 71.6. The van der Waals surface area contributed by atoms with Crippen LogP contribution in [0.25, 0.3) is 11.1 Å². The number of hydrogen-bond donors (Lipinski definition) is 23. The maximum absolute atomic E-state index is 17.0. The molecule has 8 amide bonds. The minimum atomic E-state index is -2.60. The van der Waals surface area contributed by atoms with Gasteiger partial charge in [-0.15, -0.1) is 0 Å². The third-order valence-corrected chi connectivity index (χ3v) is 23.8. The number of carbonyl (C=O) groups excluding carboxylic acids is 9. The van der Waals surface area contributed by atoms with Gasteiger partial charge in [-0.05, 0) is 125 Å². The number of carboxylic acids is 1. The van der Waals surface area contributed by atoms with Crippen molar-refractivity contribution >= 4 is 82.2 Å². The molecule has 0 saturated carbocycles. The number of aromatic hydroxyl groups is 4. The van der Waals surface area contributed by atoms with Crippen molar-refractivity contribution in [3.63, 3.8) is 0 Å². The number of aliphatic hydroxyl groups is 10. The SMILES string of the molecule is CC(=O)N[C@H]1[C@H](O[C@@H]2c3ccc(c(Cl)c3)Oc3cc4cc(c3O[C@@H]3O[C@H](CO)[C@@H](O)[C@H](O)[C@H]3NC(=O)CCCCCCC(C)C)Oc3ccc(cc3Cl)C[C@H]3NC(=O)C(=O)c5ccc(O)c(c5)Oc5cc(O)cc(c5)[C@H](NC3=O)C(=O)N[C@H]4C(=O)N[C@H]3C(=O)N[C@@H]2C(=O)N[C@H](C(=O)O)c2cc(O)cc(O[C@H]4O[C@H](CO)[C@@H](O)[C@H](O)[C@@H]4O)c2-c2cc3ccc2O)O[C@H](CO)[C@@H](O)[C@@H]1O. The topological polar surface area (TPSA) is 653 Å². The van der Waals surface area contributed by atoms with Gasteiger partial charge < -0.3 is 162 Å². The smallest absolute Gasteiger partial charge is 0.330 e. The molecular weight excluding hydrogens is 1780 g/mol. The second-order valence-corrected chi connectivity index (χ2v) is 33.8. The van der Waals surface area contributed by atoms with Crippen molar-refractivity contribution in [1.82, 2.24) is 42.5 Å². The van der Waals surface area contributed by atoms with Crippen LogP contribution in [0.1, 0.15) is 133 Å². The molecule has 22 atom stereocenters. The van der Waals surface area contributed by atoms with E-state index in [1.807, 2.05) is 0 Å². The van der Waals surface area contributed by atoms with E-state index in [4.69, 9.17) is 65.8 Å². The average Bonchev–Trinajstić information content (AvgIpc) is 0.748. The first-order valence-electron chi connectivity index (χ1n) is 41.7. The van der Waals surface area contributed by atoms with E-state index in [1.54, 1.807) is 0 Å². The molecule has 9 aliphatic heterocycles. The Labute approximate surface area is 758 Å². The van der Waals surface area contributed by atoms with Gasteiger partial charge in [0.05, 0.1) is 29.9 Å². The summed E-state index contributed by atoms with van der Waals surface area (Å²) in [7, 11) is 0. The lowest BCUT2D eigenvalue weighted by Crippen LogP contribution is -2.65. The van der Waals surface area contributed by atoms with Gasteiger partial charge in [-0.25, -0.2) is 4.79 Å². The first-order valence-corrected chi connectivity index (χ1v) is 42.5. The van der Waals surface area contributed by atoms with E-state index in [9.17, 15) is 101 Å². The first kappa shape index (κ1) is 95.7. The predicted molar refractivity (Wildman–Crippen MR) is 451 cm³/mol. The quantitative estimate of drug-likeness (QED) is 0.0399. The molecule has 9 aliphatic rings. The molecule has 132 heavy (non-hydrogen) atoms. The third-order valence-electron chi connectivity index (χ3n) is 23.2. The van der Waals surface area contributed by atoms with Crippen molar-refractivity contribution < 1.29 is 167 Å². The summed E-state index contributed by atoms with van der Waals surface area (Å²) in [5.41, 5.74) is -4.41. The van der Waals surface area contributed by atoms with Crippen LogP contribution >= 0.6 is 23.2 Å². The molecule has 9 heterocycles. The van der Waals surface area contributed by atoms with Gasteiger partial charge in [0, 0.05) is 54.2 Å². The Balaban J connectivity index is 1.04. The average molecular weight is 1880 g/mol. The summed E-state index contributed by atoms with van der Waals surface area (Å²) < 4.78 is 57.3. The number of benzene rings is 7. The molecular formula is C88H94Cl2N8O34. The van der Waals surface area contributed by atoms with E-state index in [0.29, 0.717) is 18.8 Å². The van der Waals surface area contributed by atoms with Crippen LogP contribution in [0.4, 0.5) is 0 Å². The number of phenolic OH excluding ortho intramolecular Hbond substituents is 4. The number of rotatable bonds is 19. The fraction of sp³-hybridized carbons (Fsp3) is 0.409. The molecule has 23 N–H and O–H groups in total. The standard InChI is InChI=1S/C88H94Cl2N8O34/c1-33(2)8-6-4-5-7-9-60(107)93-67-74(113)71(110)58(31-100)129-87(67)132-78-55-25-40-26-56(78)126-52-17-13-38(23-47(52)90)77(131-86-66(91-34(3)102)73(112)70(109)57(30-99)128-86)68-83(120)97-65(85(122)123)45-28-42(104)29-54(127-88-76(115)75(114)72(111)59(32-101)130-88)61(45)44-22-36(11-14-49(44)105)62(80(117)98-68)95-82(119)64(40)96-81(118)63-39-20-41(103)27-43(21-39)124-53-24-37(12-15-50(53)106)69(108)84(121)92-48(79(116)94-63)19-35-10-16-51(125-55)46(89)18-35/h10-18,20-29,33,48,57-59,62-68,70-77,86-88,99-101,103-106,109-115H,4-9,19,30-32H2,1-3H3,(H,91,102)(H,92,121)(H,93,107)(H,94,116)(H,95,119)(H,96,118)(H,97,120)(H,98,117)(H,122,123)/t48-,57-,58-,59-,62-,63+,64-,65+,66-,67-,68+,70-,71-,72-,73-,74-,75+,76+,77-,86+,87+,88+/m1/s1. The lowest BCUT2D eigenvalue weighted by Gasteiger charge is -2.44. The molecule has 0 unspecified atom stereocenters. The number of ketones is 1. The molecule has 17 bridgehead atoms. The summed E-state index contributed by atoms with van der Waals surface area (Å²) >= 11 is 14.7. The third kappa shape index (κ3) is 20.6. The molecule has 16 rings (SSSR count). The number of aliphatic hydroxyl groups excluding tert-OH is 10. The van der Waals surface area contributed by atoms with E-state index in [2.05, 4.69) is 56.4 Å². The number of ether oxygens (including phenoxy) is 9. The van der Waals surface area contributed by atoms with Crippen molar-refractivity contribution in [1.29, 1.82) is 0 Å². The van der Waals surface area contributed by atoms with E-state index in [0.717, 1.165) is 123 Å². The highest BCUT2D eigenvalue weighted by Gasteiger charge is 2.52. The van der Waals surface area contributed by atoms with E-state index < -0.39 is 327 Å². The van der Waals surface area contributed by atoms with Gasteiger partial charge in [-0.1, -0.05) is 80.9 Å². The van der Waals surface area contributed by atoms with Gasteiger partial charge in [-0.3, -0.25) is 43.2 Å². The van der Waals surface area contributed by atoms with E-state index >= 15 is 24.0 Å². The van der Waals surface area contributed by atoms with Crippen LogP contribution < -0.4 is 66.2 Å². The molecule has 704 valence electrons. The first-order chi connectivity index (χ1) is 62.9. The predicted octanol–water partition coefficient (Wildman–Crippen LogP) is 1.20. The molecule has 7 aromatic carbocycles. The molecule has 3 saturated heterocycles. The molecule has 0 spiro atoms. The monoisotopic (exact) mass is 1880 g/mol. The summed E-state index contributed by atoms with van der Waals surface area (Å²) in [6, 6.07) is 1.01. The Hall–Kier alpha value is -12.3. The summed E-state index contributed by atoms with van der Waals surface area (Å²) in [6.07, 6.45) is -26.2. The van der Waals surface area contributed by atoms with Gasteiger partial charge in [0.25, 0.3) is 5.91 Å². The minimum Gasteiger partial charge on any atom is -0.508 e. The molecule has 0 aliphatic carbocycles. The summed E-state index contributed by atoms with van der Waals surface area (Å²) in [5, 5.41) is 190. The van der Waals surface area contributed by atoms with Gasteiger partial charge in [0.2, 0.25) is 65.5 Å². The van der Waals surface area contributed by atoms with Crippen LogP contribution in [-0.2, 0) is 68.5 Å². The lowest BCUT2D eigenvalue weighted by molar-refractivity contribution is -0.284. The molecule has 0 aromatic heterocycles. The van der Waals surface area contributed by atoms with Crippen LogP contribution in [0.2, 0.25) is 10.0 Å². The highest BCUT2D eigenvalue weighted by molar-refractivity contribution is 6.43. The summed E-state index contributed by atoms with van der Waals surface area (Å²) in [4.78, 5) is 152. The molecule has 7 aromatic rings. The number of unbranched alkanes of at least 4 members (excludes halogenated alkanes) is 3. The van der Waals surface area contributed by atoms with E-state index in [1.165, 1.54) is 18.2 Å². The van der Waals surface area contributed by atoms with Gasteiger partial charge in [-0.2, -0.15) is 0 Å². The van der Waals surface area contributed by atoms with Crippen LogP contribution in [0.3, 0.4) is 0 Å². The molecule has 0 radical (unpaired) electrons. The number of phenols is 4. The minimum absolute atomic E-state index is 0.0921. The Morgan fingerprint density at radius 2 is 1.07 bits per heavy atom. The van der Waals surface area contributed by atoms with Crippen molar-refractivity contribution in [2.75, 3.05) is 19.8 Å². The second kappa shape index (κ2) is 40.4. The van der Waals surface area contributed by atoms with E-state index in [-0.39, 0.29) is 28.3 Å². The second-order valence-electron chi connectivity index (χ2n) is 33.0. The van der Waals surface area contributed by atoms with Crippen LogP contribution in [0.15, 0.2) is 115 Å². The molecule has 44 heteroatoms. The van der Waals surface area contributed by atoms with Crippen molar-refractivity contribution in [2.45, 2.75) is 200 Å². The number of halogens is 2. The van der Waals surface area contributed by atoms with Crippen LogP contribution in [0.5, 0.6) is 69.0 Å². The van der Waals surface area contributed by atoms with Crippen LogP contribution in [-0.4, -0.2) is 260 Å². The number of carbonyl (C=O) groups is 10. The maximum atomic E-state index is 17.0. The largest absolute Gasteiger partial charge is 0.508 e. The Bertz CT molecular complexity index is 5610. The molecule has 42 nitrogen and oxygen atoms in total. The van der Waals surface area contributed by atoms with Gasteiger partial charge in [0.1, 0.15) is 150 Å². The van der Waals surface area contributed by atoms with Crippen LogP contribution in [0, 0.1) is 5.92 Å². The fourth-order valence-electron chi connectivity index (χ4n) is 16.3. The number of carboxylic acid groups (broad SMARTS) is 1. The van der Waals surface area contributed by atoms with Gasteiger partial charge >= 0.3 is 5.97 Å². The Kier molecular flexibility index (Phi) is 29.3. The lowest BCUT2D eigenvalue weighted by atomic mass is 9.89. The van der Waals surface area contributed by atoms with Crippen molar-refractivity contribution in [2.24, 2.45) is 5.92 Å². The fourth-order valence-corrected chi connectivity index (χ4v) is 16.8. The Morgan fingerprint density at radius 1 is 0.500 bits per heavy atom. The Morgan fingerprint density at radius 3 is 1.70 bits per heavy atom. The summed E-state index contributed by atoms with van der Waals surface area (Å²) in [5.74, 6) is -21.6.